The average molecular weight is 424 g/mol. The van der Waals surface area contributed by atoms with Gasteiger partial charge in [-0.15, -0.1) is 0 Å². The topological polar surface area (TPSA) is 75.9 Å². The predicted octanol–water partition coefficient (Wildman–Crippen LogP) is 2.75. The number of halogens is 1. The molecule has 152 valence electrons. The summed E-state index contributed by atoms with van der Waals surface area (Å²) in [4.78, 5) is 4.91. The number of primary sulfonamides is 1. The Labute approximate surface area is 171 Å². The summed E-state index contributed by atoms with van der Waals surface area (Å²) < 4.78 is 28.3. The van der Waals surface area contributed by atoms with Crippen molar-refractivity contribution in [3.05, 3.63) is 59.1 Å². The van der Waals surface area contributed by atoms with E-state index < -0.39 is 10.0 Å². The molecule has 0 saturated carbocycles. The van der Waals surface area contributed by atoms with Crippen molar-refractivity contribution in [3.8, 4) is 5.75 Å². The molecule has 1 unspecified atom stereocenters. The van der Waals surface area contributed by atoms with E-state index in [4.69, 9.17) is 21.5 Å². The second kappa shape index (κ2) is 9.24. The Hall–Kier alpha value is -1.64. The number of piperazine rings is 1. The van der Waals surface area contributed by atoms with E-state index in [0.29, 0.717) is 18.4 Å². The van der Waals surface area contributed by atoms with Crippen molar-refractivity contribution in [2.45, 2.75) is 17.9 Å². The van der Waals surface area contributed by atoms with Crippen LogP contribution in [0.5, 0.6) is 5.75 Å². The normalized spacial score (nSPS) is 17.4. The highest BCUT2D eigenvalue weighted by atomic mass is 35.5. The second-order valence-electron chi connectivity index (χ2n) is 6.94. The van der Waals surface area contributed by atoms with Crippen LogP contribution in [0.25, 0.3) is 0 Å². The molecule has 6 nitrogen and oxygen atoms in total. The van der Waals surface area contributed by atoms with Gasteiger partial charge in [0.25, 0.3) is 0 Å². The van der Waals surface area contributed by atoms with Crippen molar-refractivity contribution in [3.63, 3.8) is 0 Å². The molecule has 2 N–H and O–H groups in total. The summed E-state index contributed by atoms with van der Waals surface area (Å²) >= 11 is 6.33. The maximum atomic E-state index is 11.3. The number of hydrogen-bond donors (Lipinski definition) is 1. The van der Waals surface area contributed by atoms with Gasteiger partial charge in [0.05, 0.1) is 4.90 Å². The lowest BCUT2D eigenvalue weighted by Gasteiger charge is -2.38. The largest absolute Gasteiger partial charge is 0.492 e. The minimum atomic E-state index is -3.67. The molecule has 1 heterocycles. The van der Waals surface area contributed by atoms with Crippen molar-refractivity contribution < 1.29 is 13.2 Å². The fraction of sp³-hybridized carbons (Fsp3) is 0.400. The molecule has 0 bridgehead atoms. The van der Waals surface area contributed by atoms with Crippen molar-refractivity contribution >= 4 is 21.6 Å². The Balaban J connectivity index is 1.43. The zero-order chi connectivity index (χ0) is 20.1. The third-order valence-electron chi connectivity index (χ3n) is 5.14. The third kappa shape index (κ3) is 5.46. The molecule has 0 radical (unpaired) electrons. The van der Waals surface area contributed by atoms with Gasteiger partial charge in [-0.05, 0) is 42.8 Å². The van der Waals surface area contributed by atoms with Gasteiger partial charge in [-0.1, -0.05) is 29.8 Å². The van der Waals surface area contributed by atoms with Crippen LogP contribution < -0.4 is 9.88 Å². The summed E-state index contributed by atoms with van der Waals surface area (Å²) in [6.07, 6.45) is 0. The van der Waals surface area contributed by atoms with Gasteiger partial charge < -0.3 is 4.74 Å². The van der Waals surface area contributed by atoms with Gasteiger partial charge in [0, 0.05) is 43.8 Å². The average Bonchev–Trinajstić information content (AvgIpc) is 2.68. The molecule has 0 aromatic heterocycles. The van der Waals surface area contributed by atoms with Crippen LogP contribution in [0.3, 0.4) is 0 Å². The number of rotatable bonds is 7. The molecular formula is C20H26ClN3O3S. The molecule has 2 aromatic rings. The minimum absolute atomic E-state index is 0.0867. The molecule has 1 aliphatic heterocycles. The lowest BCUT2D eigenvalue weighted by molar-refractivity contribution is 0.0918. The van der Waals surface area contributed by atoms with E-state index in [2.05, 4.69) is 22.8 Å². The van der Waals surface area contributed by atoms with Gasteiger partial charge in [0.2, 0.25) is 10.0 Å². The third-order valence-corrected chi connectivity index (χ3v) is 6.41. The van der Waals surface area contributed by atoms with Gasteiger partial charge in [-0.3, -0.25) is 9.80 Å². The maximum Gasteiger partial charge on any atom is 0.238 e. The van der Waals surface area contributed by atoms with Crippen LogP contribution in [0.2, 0.25) is 5.02 Å². The van der Waals surface area contributed by atoms with Crippen molar-refractivity contribution in [1.29, 1.82) is 0 Å². The predicted molar refractivity (Wildman–Crippen MR) is 111 cm³/mol. The van der Waals surface area contributed by atoms with E-state index in [9.17, 15) is 8.42 Å². The van der Waals surface area contributed by atoms with Crippen molar-refractivity contribution in [1.82, 2.24) is 9.80 Å². The molecule has 0 spiro atoms. The van der Waals surface area contributed by atoms with E-state index in [1.165, 1.54) is 17.7 Å². The van der Waals surface area contributed by atoms with E-state index in [0.717, 1.165) is 37.7 Å². The van der Waals surface area contributed by atoms with Crippen LogP contribution in [-0.4, -0.2) is 57.5 Å². The minimum Gasteiger partial charge on any atom is -0.492 e. The summed E-state index contributed by atoms with van der Waals surface area (Å²) in [5.41, 5.74) is 1.17. The van der Waals surface area contributed by atoms with Gasteiger partial charge >= 0.3 is 0 Å². The highest BCUT2D eigenvalue weighted by Gasteiger charge is 2.23. The van der Waals surface area contributed by atoms with Gasteiger partial charge in [0.15, 0.2) is 0 Å². The lowest BCUT2D eigenvalue weighted by atomic mass is 10.1. The summed E-state index contributed by atoms with van der Waals surface area (Å²) in [5, 5.41) is 5.91. The van der Waals surface area contributed by atoms with Crippen molar-refractivity contribution in [2.24, 2.45) is 5.14 Å². The molecule has 0 amide bonds. The van der Waals surface area contributed by atoms with Gasteiger partial charge in [-0.2, -0.15) is 0 Å². The van der Waals surface area contributed by atoms with E-state index in [1.54, 1.807) is 12.1 Å². The monoisotopic (exact) mass is 423 g/mol. The highest BCUT2D eigenvalue weighted by molar-refractivity contribution is 7.89. The number of nitrogens with two attached hydrogens (primary N) is 1. The van der Waals surface area contributed by atoms with Crippen LogP contribution >= 0.6 is 11.6 Å². The number of ether oxygens (including phenoxy) is 1. The molecule has 8 heteroatoms. The fourth-order valence-corrected chi connectivity index (χ4v) is 4.21. The summed E-state index contributed by atoms with van der Waals surface area (Å²) in [6.45, 7) is 7.49. The number of sulfonamides is 1. The van der Waals surface area contributed by atoms with Gasteiger partial charge in [-0.25, -0.2) is 13.6 Å². The molecule has 3 rings (SSSR count). The number of hydrogen-bond acceptors (Lipinski definition) is 5. The smallest absolute Gasteiger partial charge is 0.238 e. The van der Waals surface area contributed by atoms with Crippen LogP contribution in [0.1, 0.15) is 18.5 Å². The number of benzene rings is 2. The lowest BCUT2D eigenvalue weighted by Crippen LogP contribution is -2.48. The second-order valence-corrected chi connectivity index (χ2v) is 8.91. The summed E-state index contributed by atoms with van der Waals surface area (Å²) in [5.74, 6) is 0.637. The fourth-order valence-electron chi connectivity index (χ4n) is 3.40. The zero-order valence-electron chi connectivity index (χ0n) is 15.9. The molecule has 0 aliphatic carbocycles. The summed E-state index contributed by atoms with van der Waals surface area (Å²) in [7, 11) is -3.67. The zero-order valence-corrected chi connectivity index (χ0v) is 17.5. The molecule has 1 fully saturated rings. The Morgan fingerprint density at radius 3 is 2.32 bits per heavy atom. The first-order valence-corrected chi connectivity index (χ1v) is 11.2. The number of nitrogens with zero attached hydrogens (tertiary/aromatic N) is 2. The first-order chi connectivity index (χ1) is 13.3. The molecule has 1 saturated heterocycles. The maximum absolute atomic E-state index is 11.3. The molecule has 28 heavy (non-hydrogen) atoms. The van der Waals surface area contributed by atoms with Crippen molar-refractivity contribution in [2.75, 3.05) is 39.3 Å². The first kappa shape index (κ1) is 21.1. The quantitative estimate of drug-likeness (QED) is 0.741. The molecule has 1 atom stereocenters. The SMILES string of the molecule is CC(c1ccccc1Cl)N1CCN(CCOc2ccc(S(N)(=O)=O)cc2)CC1. The Bertz CT molecular complexity index is 882. The Kier molecular flexibility index (Phi) is 6.95. The highest BCUT2D eigenvalue weighted by Crippen LogP contribution is 2.27. The van der Waals surface area contributed by atoms with Gasteiger partial charge in [0.1, 0.15) is 12.4 Å². The van der Waals surface area contributed by atoms with Crippen LogP contribution in [0, 0.1) is 0 Å². The molecule has 1 aliphatic rings. The van der Waals surface area contributed by atoms with Crippen LogP contribution in [0.4, 0.5) is 0 Å². The molecular weight excluding hydrogens is 398 g/mol. The van der Waals surface area contributed by atoms with Crippen LogP contribution in [0.15, 0.2) is 53.4 Å². The van der Waals surface area contributed by atoms with E-state index in [-0.39, 0.29) is 4.90 Å². The molecule has 2 aromatic carbocycles. The first-order valence-electron chi connectivity index (χ1n) is 9.31. The Morgan fingerprint density at radius 1 is 1.07 bits per heavy atom. The van der Waals surface area contributed by atoms with E-state index in [1.807, 2.05) is 18.2 Å². The van der Waals surface area contributed by atoms with Crippen LogP contribution in [-0.2, 0) is 10.0 Å². The Morgan fingerprint density at radius 2 is 1.71 bits per heavy atom. The summed E-state index contributed by atoms with van der Waals surface area (Å²) in [6, 6.07) is 14.5. The van der Waals surface area contributed by atoms with E-state index >= 15 is 0 Å². The standard InChI is InChI=1S/C20H26ClN3O3S/c1-16(19-4-2-3-5-20(19)21)24-12-10-23(11-13-24)14-15-27-17-6-8-18(9-7-17)28(22,25)26/h2-9,16H,10-15H2,1H3,(H2,22,25,26).